The third kappa shape index (κ3) is 6.27. The van der Waals surface area contributed by atoms with E-state index in [4.69, 9.17) is 5.73 Å². The summed E-state index contributed by atoms with van der Waals surface area (Å²) in [5.74, 6) is 0. The molecular formula is C3H9N2NaO. The Morgan fingerprint density at radius 3 is 1.86 bits per heavy atom. The zero-order valence-corrected chi connectivity index (χ0v) is 6.93. The van der Waals surface area contributed by atoms with Crippen molar-refractivity contribution >= 4 is 6.03 Å². The van der Waals surface area contributed by atoms with Crippen LogP contribution in [0, 0.1) is 0 Å². The zero-order chi connectivity index (χ0) is 5.15. The van der Waals surface area contributed by atoms with Crippen molar-refractivity contribution in [1.29, 1.82) is 0 Å². The number of hydrogen-bond donors (Lipinski definition) is 1. The number of nitrogens with zero attached hydrogens (tertiary/aromatic N) is 1. The molecule has 2 amide bonds. The van der Waals surface area contributed by atoms with E-state index in [1.807, 2.05) is 0 Å². The summed E-state index contributed by atoms with van der Waals surface area (Å²) in [6.45, 7) is 0. The fraction of sp³-hybridized carbons (Fsp3) is 0.667. The smallest absolute Gasteiger partial charge is 1.00 e. The summed E-state index contributed by atoms with van der Waals surface area (Å²) in [7, 11) is 3.20. The molecule has 0 rings (SSSR count). The minimum atomic E-state index is -0.407. The summed E-state index contributed by atoms with van der Waals surface area (Å²) in [4.78, 5) is 11.2. The van der Waals surface area contributed by atoms with Crippen molar-refractivity contribution < 1.29 is 35.8 Å². The van der Waals surface area contributed by atoms with Crippen molar-refractivity contribution in [2.75, 3.05) is 14.1 Å². The number of carbonyl (C=O) groups excluding carboxylic acids is 1. The molecule has 0 unspecified atom stereocenters. The molecule has 2 N–H and O–H groups in total. The molecule has 7 heavy (non-hydrogen) atoms. The van der Waals surface area contributed by atoms with Crippen molar-refractivity contribution in [3.8, 4) is 0 Å². The Labute approximate surface area is 66.6 Å². The van der Waals surface area contributed by atoms with Gasteiger partial charge in [-0.2, -0.15) is 0 Å². The maximum absolute atomic E-state index is 9.85. The van der Waals surface area contributed by atoms with Crippen molar-refractivity contribution in [1.82, 2.24) is 4.90 Å². The monoisotopic (exact) mass is 112 g/mol. The minimum absolute atomic E-state index is 0. The van der Waals surface area contributed by atoms with E-state index in [2.05, 4.69) is 0 Å². The number of urea groups is 1. The van der Waals surface area contributed by atoms with Gasteiger partial charge in [0.25, 0.3) is 0 Å². The van der Waals surface area contributed by atoms with Crippen LogP contribution >= 0.6 is 0 Å². The van der Waals surface area contributed by atoms with Crippen LogP contribution in [-0.4, -0.2) is 25.0 Å². The molecule has 0 aromatic heterocycles. The molecule has 4 heteroatoms. The zero-order valence-electron chi connectivity index (χ0n) is 5.93. The van der Waals surface area contributed by atoms with Crippen molar-refractivity contribution in [3.05, 3.63) is 0 Å². The van der Waals surface area contributed by atoms with Crippen LogP contribution in [0.25, 0.3) is 0 Å². The Morgan fingerprint density at radius 1 is 1.71 bits per heavy atom. The molecule has 0 aromatic rings. The molecule has 0 fully saturated rings. The van der Waals surface area contributed by atoms with Gasteiger partial charge in [-0.3, -0.25) is 0 Å². The van der Waals surface area contributed by atoms with E-state index in [9.17, 15) is 4.79 Å². The van der Waals surface area contributed by atoms with Crippen LogP contribution in [0.15, 0.2) is 0 Å². The van der Waals surface area contributed by atoms with Gasteiger partial charge in [-0.15, -0.1) is 0 Å². The number of primary amides is 1. The fourth-order valence-electron chi connectivity index (χ4n) is 0. The average Bonchev–Trinajstić information content (AvgIpc) is 1.36. The number of carbonyl (C=O) groups is 1. The Kier molecular flexibility index (Phi) is 6.51. The van der Waals surface area contributed by atoms with Crippen molar-refractivity contribution in [3.63, 3.8) is 0 Å². The summed E-state index contributed by atoms with van der Waals surface area (Å²) < 4.78 is 0. The second-order valence-corrected chi connectivity index (χ2v) is 1.23. The Morgan fingerprint density at radius 2 is 1.86 bits per heavy atom. The van der Waals surface area contributed by atoms with Gasteiger partial charge in [0.2, 0.25) is 0 Å². The first-order valence-corrected chi connectivity index (χ1v) is 1.61. The summed E-state index contributed by atoms with van der Waals surface area (Å²) in [5.41, 5.74) is 4.72. The molecule has 0 bridgehead atoms. The van der Waals surface area contributed by atoms with Crippen LogP contribution in [0.1, 0.15) is 1.43 Å². The number of amides is 2. The maximum atomic E-state index is 9.85. The molecule has 38 valence electrons. The topological polar surface area (TPSA) is 46.3 Å². The molecule has 0 radical (unpaired) electrons. The van der Waals surface area contributed by atoms with Crippen LogP contribution in [0.3, 0.4) is 0 Å². The van der Waals surface area contributed by atoms with Gasteiger partial charge in [0.1, 0.15) is 0 Å². The molecule has 0 spiro atoms. The predicted octanol–water partition coefficient (Wildman–Crippen LogP) is -3.26. The van der Waals surface area contributed by atoms with Crippen LogP contribution in [0.5, 0.6) is 0 Å². The number of nitrogens with two attached hydrogens (primary N) is 1. The first-order valence-electron chi connectivity index (χ1n) is 1.61. The van der Waals surface area contributed by atoms with Crippen molar-refractivity contribution in [2.45, 2.75) is 0 Å². The second-order valence-electron chi connectivity index (χ2n) is 1.23. The molecule has 0 heterocycles. The first kappa shape index (κ1) is 10.3. The quantitative estimate of drug-likeness (QED) is 0.329. The minimum Gasteiger partial charge on any atom is -1.00 e. The van der Waals surface area contributed by atoms with E-state index in [1.165, 1.54) is 4.90 Å². The summed E-state index contributed by atoms with van der Waals surface area (Å²) in [6, 6.07) is -0.407. The normalized spacial score (nSPS) is 6.57. The molecule has 0 saturated carbocycles. The van der Waals surface area contributed by atoms with Crippen LogP contribution in [-0.2, 0) is 0 Å². The molecule has 0 saturated heterocycles. The van der Waals surface area contributed by atoms with Gasteiger partial charge in [-0.05, 0) is 0 Å². The van der Waals surface area contributed by atoms with Gasteiger partial charge in [-0.25, -0.2) is 4.79 Å². The predicted molar refractivity (Wildman–Crippen MR) is 24.4 cm³/mol. The fourth-order valence-corrected chi connectivity index (χ4v) is 0. The molecule has 0 aromatic carbocycles. The standard InChI is InChI=1S/C3H8N2O.Na.H/c1-5(2)3(4)6;;/h1-2H3,(H2,4,6);;/q;+1;-1. The largest absolute Gasteiger partial charge is 1.00 e. The van der Waals surface area contributed by atoms with E-state index in [0.29, 0.717) is 0 Å². The van der Waals surface area contributed by atoms with Crippen molar-refractivity contribution in [2.24, 2.45) is 5.73 Å². The molecule has 0 aliphatic heterocycles. The molecule has 0 aliphatic rings. The Hall–Kier alpha value is 0.270. The van der Waals surface area contributed by atoms with Crippen LogP contribution < -0.4 is 35.3 Å². The molecule has 0 atom stereocenters. The van der Waals surface area contributed by atoms with E-state index in [0.717, 1.165) is 0 Å². The summed E-state index contributed by atoms with van der Waals surface area (Å²) in [5, 5.41) is 0. The molecule has 0 aliphatic carbocycles. The van der Waals surface area contributed by atoms with E-state index in [1.54, 1.807) is 14.1 Å². The van der Waals surface area contributed by atoms with E-state index >= 15 is 0 Å². The van der Waals surface area contributed by atoms with Gasteiger partial charge in [0.05, 0.1) is 0 Å². The van der Waals surface area contributed by atoms with Crippen LogP contribution in [0.2, 0.25) is 0 Å². The van der Waals surface area contributed by atoms with Gasteiger partial charge in [0, 0.05) is 14.1 Å². The summed E-state index contributed by atoms with van der Waals surface area (Å²) >= 11 is 0. The SMILES string of the molecule is CN(C)C(N)=O.[H-].[Na+]. The number of rotatable bonds is 0. The second kappa shape index (κ2) is 4.43. The third-order valence-electron chi connectivity index (χ3n) is 0.441. The Balaban J connectivity index is -0.000000125. The molecular weight excluding hydrogens is 103 g/mol. The summed E-state index contributed by atoms with van der Waals surface area (Å²) in [6.07, 6.45) is 0. The average molecular weight is 112 g/mol. The van der Waals surface area contributed by atoms with E-state index in [-0.39, 0.29) is 31.0 Å². The van der Waals surface area contributed by atoms with Gasteiger partial charge in [0.15, 0.2) is 0 Å². The van der Waals surface area contributed by atoms with Gasteiger partial charge < -0.3 is 12.1 Å². The van der Waals surface area contributed by atoms with Gasteiger partial charge in [-0.1, -0.05) is 0 Å². The van der Waals surface area contributed by atoms with Crippen LogP contribution in [0.4, 0.5) is 4.79 Å². The maximum Gasteiger partial charge on any atom is 1.00 e. The third-order valence-corrected chi connectivity index (χ3v) is 0.441. The van der Waals surface area contributed by atoms with E-state index < -0.39 is 6.03 Å². The molecule has 3 nitrogen and oxygen atoms in total. The van der Waals surface area contributed by atoms with Gasteiger partial charge >= 0.3 is 35.6 Å². The number of hydrogen-bond acceptors (Lipinski definition) is 1. The first-order chi connectivity index (χ1) is 2.64. The Bertz CT molecular complexity index is 68.3.